The number of carbonyl (C=O) groups is 1. The Bertz CT molecular complexity index is 404. The largest absolute Gasteiger partial charge is 0.494 e. The molecule has 0 unspecified atom stereocenters. The SMILES string of the molecule is COC(=O)CCCOc1cccc(CNCC(C)C)c1. The molecule has 20 heavy (non-hydrogen) atoms. The van der Waals surface area contributed by atoms with Gasteiger partial charge in [0.15, 0.2) is 0 Å². The van der Waals surface area contributed by atoms with Gasteiger partial charge in [0.1, 0.15) is 5.75 Å². The summed E-state index contributed by atoms with van der Waals surface area (Å²) in [6, 6.07) is 8.03. The molecule has 0 amide bonds. The van der Waals surface area contributed by atoms with Crippen LogP contribution in [0.25, 0.3) is 0 Å². The number of benzene rings is 1. The van der Waals surface area contributed by atoms with Crippen molar-refractivity contribution < 1.29 is 14.3 Å². The van der Waals surface area contributed by atoms with E-state index in [1.165, 1.54) is 12.7 Å². The van der Waals surface area contributed by atoms with Gasteiger partial charge in [-0.05, 0) is 36.6 Å². The molecule has 0 aliphatic carbocycles. The van der Waals surface area contributed by atoms with Gasteiger partial charge in [-0.3, -0.25) is 4.79 Å². The average molecular weight is 279 g/mol. The molecule has 1 aromatic rings. The molecule has 0 atom stereocenters. The van der Waals surface area contributed by atoms with Crippen LogP contribution in [-0.4, -0.2) is 26.2 Å². The fourth-order valence-corrected chi connectivity index (χ4v) is 1.76. The van der Waals surface area contributed by atoms with Gasteiger partial charge in [-0.15, -0.1) is 0 Å². The van der Waals surface area contributed by atoms with Gasteiger partial charge in [-0.2, -0.15) is 0 Å². The lowest BCUT2D eigenvalue weighted by Crippen LogP contribution is -2.18. The first-order valence-electron chi connectivity index (χ1n) is 7.11. The number of methoxy groups -OCH3 is 1. The Morgan fingerprint density at radius 3 is 2.85 bits per heavy atom. The summed E-state index contributed by atoms with van der Waals surface area (Å²) in [6.45, 7) is 6.75. The first-order valence-corrected chi connectivity index (χ1v) is 7.11. The number of carbonyl (C=O) groups excluding carboxylic acids is 1. The van der Waals surface area contributed by atoms with E-state index in [1.807, 2.05) is 18.2 Å². The molecule has 1 rings (SSSR count). The Balaban J connectivity index is 2.30. The van der Waals surface area contributed by atoms with Gasteiger partial charge in [0.2, 0.25) is 0 Å². The summed E-state index contributed by atoms with van der Waals surface area (Å²) in [5.41, 5.74) is 1.20. The van der Waals surface area contributed by atoms with E-state index < -0.39 is 0 Å². The summed E-state index contributed by atoms with van der Waals surface area (Å²) in [6.07, 6.45) is 1.06. The first kappa shape index (κ1) is 16.5. The third kappa shape index (κ3) is 7.14. The molecule has 1 N–H and O–H groups in total. The maximum atomic E-state index is 11.0. The van der Waals surface area contributed by atoms with Crippen molar-refractivity contribution in [1.82, 2.24) is 5.32 Å². The molecule has 0 radical (unpaired) electrons. The molecule has 0 fully saturated rings. The minimum Gasteiger partial charge on any atom is -0.494 e. The highest BCUT2D eigenvalue weighted by Gasteiger charge is 2.01. The van der Waals surface area contributed by atoms with E-state index in [2.05, 4.69) is 30.0 Å². The Morgan fingerprint density at radius 2 is 2.15 bits per heavy atom. The molecule has 0 aromatic heterocycles. The average Bonchev–Trinajstić information content (AvgIpc) is 2.43. The van der Waals surface area contributed by atoms with Crippen LogP contribution < -0.4 is 10.1 Å². The lowest BCUT2D eigenvalue weighted by molar-refractivity contribution is -0.140. The van der Waals surface area contributed by atoms with Crippen LogP contribution in [0.4, 0.5) is 0 Å². The minimum atomic E-state index is -0.194. The topological polar surface area (TPSA) is 47.6 Å². The van der Waals surface area contributed by atoms with Gasteiger partial charge in [-0.1, -0.05) is 26.0 Å². The molecule has 0 spiro atoms. The molecule has 112 valence electrons. The third-order valence-electron chi connectivity index (χ3n) is 2.80. The van der Waals surface area contributed by atoms with Crippen molar-refractivity contribution >= 4 is 5.97 Å². The lowest BCUT2D eigenvalue weighted by atomic mass is 10.2. The predicted octanol–water partition coefficient (Wildman–Crippen LogP) is 2.76. The molecule has 0 saturated carbocycles. The highest BCUT2D eigenvalue weighted by molar-refractivity contribution is 5.69. The second-order valence-corrected chi connectivity index (χ2v) is 5.20. The fourth-order valence-electron chi connectivity index (χ4n) is 1.76. The van der Waals surface area contributed by atoms with Crippen molar-refractivity contribution in [3.05, 3.63) is 29.8 Å². The maximum absolute atomic E-state index is 11.0. The monoisotopic (exact) mass is 279 g/mol. The first-order chi connectivity index (χ1) is 9.61. The zero-order valence-corrected chi connectivity index (χ0v) is 12.6. The zero-order valence-electron chi connectivity index (χ0n) is 12.6. The van der Waals surface area contributed by atoms with Gasteiger partial charge in [0.05, 0.1) is 13.7 Å². The summed E-state index contributed by atoms with van der Waals surface area (Å²) in [5, 5.41) is 3.40. The highest BCUT2D eigenvalue weighted by Crippen LogP contribution is 2.13. The number of hydrogen-bond donors (Lipinski definition) is 1. The van der Waals surface area contributed by atoms with E-state index in [-0.39, 0.29) is 5.97 Å². The van der Waals surface area contributed by atoms with Gasteiger partial charge in [0.25, 0.3) is 0 Å². The Kier molecular flexibility index (Phi) is 7.73. The van der Waals surface area contributed by atoms with Crippen LogP contribution in [0.1, 0.15) is 32.3 Å². The molecule has 0 aliphatic rings. The molecule has 4 heteroatoms. The van der Waals surface area contributed by atoms with Crippen LogP contribution in [0, 0.1) is 5.92 Å². The zero-order chi connectivity index (χ0) is 14.8. The van der Waals surface area contributed by atoms with Crippen LogP contribution >= 0.6 is 0 Å². The summed E-state index contributed by atoms with van der Waals surface area (Å²) in [4.78, 5) is 11.0. The molecule has 1 aromatic carbocycles. The van der Waals surface area contributed by atoms with Crippen molar-refractivity contribution in [2.24, 2.45) is 5.92 Å². The second kappa shape index (κ2) is 9.37. The Morgan fingerprint density at radius 1 is 1.35 bits per heavy atom. The second-order valence-electron chi connectivity index (χ2n) is 5.20. The minimum absolute atomic E-state index is 0.194. The van der Waals surface area contributed by atoms with Crippen molar-refractivity contribution in [3.63, 3.8) is 0 Å². The quantitative estimate of drug-likeness (QED) is 0.558. The predicted molar refractivity (Wildman–Crippen MR) is 79.7 cm³/mol. The van der Waals surface area contributed by atoms with E-state index in [0.717, 1.165) is 18.8 Å². The molecule has 0 bridgehead atoms. The van der Waals surface area contributed by atoms with Crippen molar-refractivity contribution in [1.29, 1.82) is 0 Å². The van der Waals surface area contributed by atoms with Gasteiger partial charge < -0.3 is 14.8 Å². The summed E-state index contributed by atoms with van der Waals surface area (Å²) in [5.74, 6) is 1.30. The standard InChI is InChI=1S/C16H25NO3/c1-13(2)11-17-12-14-6-4-7-15(10-14)20-9-5-8-16(18)19-3/h4,6-7,10,13,17H,5,8-9,11-12H2,1-3H3. The number of ether oxygens (including phenoxy) is 2. The molecule has 0 aliphatic heterocycles. The maximum Gasteiger partial charge on any atom is 0.305 e. The van der Waals surface area contributed by atoms with Crippen LogP contribution in [0.15, 0.2) is 24.3 Å². The van der Waals surface area contributed by atoms with E-state index in [0.29, 0.717) is 25.4 Å². The normalized spacial score (nSPS) is 10.6. The van der Waals surface area contributed by atoms with Crippen LogP contribution in [0.3, 0.4) is 0 Å². The molecule has 0 saturated heterocycles. The van der Waals surface area contributed by atoms with Crippen LogP contribution in [-0.2, 0) is 16.1 Å². The van der Waals surface area contributed by atoms with E-state index in [9.17, 15) is 4.79 Å². The molecular formula is C16H25NO3. The number of esters is 1. The molecular weight excluding hydrogens is 254 g/mol. The number of nitrogens with one attached hydrogen (secondary N) is 1. The molecule has 0 heterocycles. The Hall–Kier alpha value is -1.55. The van der Waals surface area contributed by atoms with Crippen LogP contribution in [0.5, 0.6) is 5.75 Å². The van der Waals surface area contributed by atoms with Crippen molar-refractivity contribution in [3.8, 4) is 5.75 Å². The van der Waals surface area contributed by atoms with Gasteiger partial charge in [-0.25, -0.2) is 0 Å². The highest BCUT2D eigenvalue weighted by atomic mass is 16.5. The van der Waals surface area contributed by atoms with Gasteiger partial charge >= 0.3 is 5.97 Å². The summed E-state index contributed by atoms with van der Waals surface area (Å²) < 4.78 is 10.2. The van der Waals surface area contributed by atoms with Crippen molar-refractivity contribution in [2.45, 2.75) is 33.2 Å². The smallest absolute Gasteiger partial charge is 0.305 e. The fraction of sp³-hybridized carbons (Fsp3) is 0.562. The summed E-state index contributed by atoms with van der Waals surface area (Å²) >= 11 is 0. The molecule has 4 nitrogen and oxygen atoms in total. The van der Waals surface area contributed by atoms with Gasteiger partial charge in [0, 0.05) is 13.0 Å². The van der Waals surface area contributed by atoms with E-state index >= 15 is 0 Å². The van der Waals surface area contributed by atoms with Crippen LogP contribution in [0.2, 0.25) is 0 Å². The Labute approximate surface area is 121 Å². The third-order valence-corrected chi connectivity index (χ3v) is 2.80. The van der Waals surface area contributed by atoms with Crippen molar-refractivity contribution in [2.75, 3.05) is 20.3 Å². The van der Waals surface area contributed by atoms with E-state index in [1.54, 1.807) is 0 Å². The summed E-state index contributed by atoms with van der Waals surface area (Å²) in [7, 11) is 1.40. The lowest BCUT2D eigenvalue weighted by Gasteiger charge is -2.10. The number of rotatable bonds is 9. The van der Waals surface area contributed by atoms with E-state index in [4.69, 9.17) is 4.74 Å². The number of hydrogen-bond acceptors (Lipinski definition) is 4.